The number of benzene rings is 3. The Morgan fingerprint density at radius 1 is 0.775 bits per heavy atom. The van der Waals surface area contributed by atoms with Crippen molar-refractivity contribution in [2.45, 2.75) is 25.9 Å². The molecular weight excluding hydrogens is 516 g/mol. The van der Waals surface area contributed by atoms with Crippen molar-refractivity contribution < 1.29 is 9.47 Å². The number of hydrogen-bond acceptors (Lipinski definition) is 4. The van der Waals surface area contributed by atoms with Gasteiger partial charge in [0.05, 0.1) is 24.9 Å². The molecule has 5 aromatic rings. The summed E-state index contributed by atoms with van der Waals surface area (Å²) in [4.78, 5) is 6.90. The van der Waals surface area contributed by atoms with E-state index >= 15 is 0 Å². The zero-order valence-electron chi connectivity index (χ0n) is 22.6. The van der Waals surface area contributed by atoms with Gasteiger partial charge >= 0.3 is 0 Å². The van der Waals surface area contributed by atoms with E-state index < -0.39 is 0 Å². The molecule has 3 aromatic carbocycles. The number of aromatic nitrogens is 2. The quantitative estimate of drug-likeness (QED) is 0.214. The number of ether oxygens (including phenoxy) is 2. The number of nitrogens with zero attached hydrogens (tertiary/aromatic N) is 3. The molecule has 2 atom stereocenters. The Hall–Kier alpha value is -4.62. The summed E-state index contributed by atoms with van der Waals surface area (Å²) in [5.41, 5.74) is 6.41. The molecule has 0 spiro atoms. The Morgan fingerprint density at radius 2 is 1.50 bits per heavy atom. The van der Waals surface area contributed by atoms with Crippen molar-refractivity contribution in [2.24, 2.45) is 0 Å². The summed E-state index contributed by atoms with van der Waals surface area (Å²) in [7, 11) is 1.69. The third kappa shape index (κ3) is 4.80. The monoisotopic (exact) mass is 546 g/mol. The van der Waals surface area contributed by atoms with Crippen LogP contribution in [0.15, 0.2) is 109 Å². The fraction of sp³-hybridized carbons (Fsp3) is 0.152. The van der Waals surface area contributed by atoms with Crippen LogP contribution in [0.5, 0.6) is 17.2 Å². The van der Waals surface area contributed by atoms with Crippen LogP contribution in [0, 0.1) is 13.8 Å². The maximum Gasteiger partial charge on any atom is 0.174 e. The van der Waals surface area contributed by atoms with Crippen LogP contribution in [0.1, 0.15) is 34.7 Å². The standard InChI is InChI=1S/C33H30N4O2S/c1-22-20-29(23(2)36(22)25-10-9-13-28(21-25)38-3)32-31(30-14-7-8-19-34-30)35-33(40)37(32)24-15-17-27(18-16-24)39-26-11-5-4-6-12-26/h4-21,31-32H,1-3H3,(H,35,40)/t31-,32+/m0/s1. The van der Waals surface area contributed by atoms with Gasteiger partial charge in [0.1, 0.15) is 17.2 Å². The summed E-state index contributed by atoms with van der Waals surface area (Å²) in [6, 6.07) is 34.0. The van der Waals surface area contributed by atoms with Crippen molar-refractivity contribution in [2.75, 3.05) is 12.0 Å². The molecule has 0 amide bonds. The molecule has 3 heterocycles. The van der Waals surface area contributed by atoms with E-state index in [2.05, 4.69) is 65.0 Å². The number of anilines is 1. The molecule has 7 heteroatoms. The van der Waals surface area contributed by atoms with E-state index in [0.717, 1.165) is 45.7 Å². The van der Waals surface area contributed by atoms with E-state index in [0.29, 0.717) is 5.11 Å². The minimum absolute atomic E-state index is 0.117. The third-order valence-corrected chi connectivity index (χ3v) is 7.61. The van der Waals surface area contributed by atoms with Crippen LogP contribution in [-0.2, 0) is 0 Å². The number of pyridine rings is 1. The molecule has 2 aromatic heterocycles. The number of thiocarbonyl (C=S) groups is 1. The van der Waals surface area contributed by atoms with Crippen molar-refractivity contribution in [3.63, 3.8) is 0 Å². The molecule has 1 saturated heterocycles. The number of rotatable bonds is 7. The lowest BCUT2D eigenvalue weighted by atomic mass is 9.96. The molecule has 0 aliphatic carbocycles. The van der Waals surface area contributed by atoms with Crippen LogP contribution < -0.4 is 19.7 Å². The second-order valence-corrected chi connectivity index (χ2v) is 10.2. The summed E-state index contributed by atoms with van der Waals surface area (Å²) < 4.78 is 13.8. The first-order chi connectivity index (χ1) is 19.5. The van der Waals surface area contributed by atoms with E-state index in [1.54, 1.807) is 7.11 Å². The lowest BCUT2D eigenvalue weighted by molar-refractivity contribution is 0.414. The highest BCUT2D eigenvalue weighted by atomic mass is 32.1. The number of para-hydroxylation sites is 1. The summed E-state index contributed by atoms with van der Waals surface area (Å²) in [5, 5.41) is 4.23. The predicted octanol–water partition coefficient (Wildman–Crippen LogP) is 7.47. The van der Waals surface area contributed by atoms with Gasteiger partial charge in [0, 0.05) is 35.0 Å². The van der Waals surface area contributed by atoms with Crippen LogP contribution in [0.3, 0.4) is 0 Å². The molecule has 0 unspecified atom stereocenters. The van der Waals surface area contributed by atoms with E-state index in [4.69, 9.17) is 26.7 Å². The minimum atomic E-state index is -0.131. The SMILES string of the molecule is COc1cccc(-n2c(C)cc([C@@H]3[C@H](c4ccccn4)NC(=S)N3c3ccc(Oc4ccccc4)cc3)c2C)c1. The van der Waals surface area contributed by atoms with Crippen LogP contribution >= 0.6 is 12.2 Å². The smallest absolute Gasteiger partial charge is 0.174 e. The van der Waals surface area contributed by atoms with Gasteiger partial charge in [0.25, 0.3) is 0 Å². The fourth-order valence-corrected chi connectivity index (χ4v) is 5.83. The van der Waals surface area contributed by atoms with Gasteiger partial charge in [-0.2, -0.15) is 0 Å². The predicted molar refractivity (Wildman–Crippen MR) is 163 cm³/mol. The molecular formula is C33H30N4O2S. The van der Waals surface area contributed by atoms with Gasteiger partial charge in [-0.1, -0.05) is 30.3 Å². The van der Waals surface area contributed by atoms with Crippen LogP contribution in [-0.4, -0.2) is 21.8 Å². The molecule has 40 heavy (non-hydrogen) atoms. The summed E-state index contributed by atoms with van der Waals surface area (Å²) in [6.07, 6.45) is 1.83. The zero-order valence-corrected chi connectivity index (χ0v) is 23.4. The summed E-state index contributed by atoms with van der Waals surface area (Å²) in [6.45, 7) is 4.29. The maximum atomic E-state index is 6.04. The average molecular weight is 547 g/mol. The molecule has 1 aliphatic heterocycles. The molecule has 0 radical (unpaired) electrons. The molecule has 200 valence electrons. The highest BCUT2D eigenvalue weighted by molar-refractivity contribution is 7.80. The first kappa shape index (κ1) is 25.6. The number of aryl methyl sites for hydroxylation is 1. The van der Waals surface area contributed by atoms with E-state index in [-0.39, 0.29) is 12.1 Å². The molecule has 0 bridgehead atoms. The van der Waals surface area contributed by atoms with Gasteiger partial charge in [-0.15, -0.1) is 0 Å². The van der Waals surface area contributed by atoms with Crippen molar-refractivity contribution >= 4 is 23.0 Å². The lowest BCUT2D eigenvalue weighted by Gasteiger charge is -2.28. The Balaban J connectivity index is 1.42. The Kier molecular flexibility index (Phi) is 6.97. The zero-order chi connectivity index (χ0) is 27.6. The van der Waals surface area contributed by atoms with Crippen LogP contribution in [0.25, 0.3) is 5.69 Å². The number of methoxy groups -OCH3 is 1. The van der Waals surface area contributed by atoms with Gasteiger partial charge in [0.2, 0.25) is 0 Å². The lowest BCUT2D eigenvalue weighted by Crippen LogP contribution is -2.29. The van der Waals surface area contributed by atoms with Crippen molar-refractivity contribution in [1.82, 2.24) is 14.9 Å². The highest BCUT2D eigenvalue weighted by Crippen LogP contribution is 2.44. The van der Waals surface area contributed by atoms with Crippen LogP contribution in [0.4, 0.5) is 5.69 Å². The second kappa shape index (κ2) is 10.9. The summed E-state index contributed by atoms with van der Waals surface area (Å²) in [5.74, 6) is 2.38. The number of nitrogens with one attached hydrogen (secondary N) is 1. The topological polar surface area (TPSA) is 51.5 Å². The van der Waals surface area contributed by atoms with E-state index in [1.807, 2.05) is 72.9 Å². The maximum absolute atomic E-state index is 6.04. The van der Waals surface area contributed by atoms with E-state index in [9.17, 15) is 0 Å². The van der Waals surface area contributed by atoms with Crippen molar-refractivity contribution in [3.05, 3.63) is 132 Å². The van der Waals surface area contributed by atoms with Gasteiger partial charge in [0.15, 0.2) is 5.11 Å². The first-order valence-corrected chi connectivity index (χ1v) is 13.6. The Morgan fingerprint density at radius 3 is 2.23 bits per heavy atom. The van der Waals surface area contributed by atoms with Crippen molar-refractivity contribution in [1.29, 1.82) is 0 Å². The normalized spacial score (nSPS) is 16.6. The molecule has 1 fully saturated rings. The van der Waals surface area contributed by atoms with Gasteiger partial charge < -0.3 is 24.3 Å². The van der Waals surface area contributed by atoms with Gasteiger partial charge in [-0.25, -0.2) is 0 Å². The van der Waals surface area contributed by atoms with E-state index in [1.165, 1.54) is 5.56 Å². The molecule has 0 saturated carbocycles. The first-order valence-electron chi connectivity index (χ1n) is 13.2. The Bertz CT molecular complexity index is 1630. The molecule has 6 nitrogen and oxygen atoms in total. The van der Waals surface area contributed by atoms with Crippen molar-refractivity contribution in [3.8, 4) is 22.9 Å². The minimum Gasteiger partial charge on any atom is -0.497 e. The third-order valence-electron chi connectivity index (χ3n) is 7.29. The largest absolute Gasteiger partial charge is 0.497 e. The molecule has 6 rings (SSSR count). The Labute approximate surface area is 239 Å². The highest BCUT2D eigenvalue weighted by Gasteiger charge is 2.42. The second-order valence-electron chi connectivity index (χ2n) is 9.77. The van der Waals surface area contributed by atoms with Gasteiger partial charge in [-0.05, 0) is 98.4 Å². The van der Waals surface area contributed by atoms with Gasteiger partial charge in [-0.3, -0.25) is 4.98 Å². The molecule has 1 N–H and O–H groups in total. The number of hydrogen-bond donors (Lipinski definition) is 1. The molecule has 1 aliphatic rings. The summed E-state index contributed by atoms with van der Waals surface area (Å²) >= 11 is 5.96. The fourth-order valence-electron chi connectivity index (χ4n) is 5.48. The van der Waals surface area contributed by atoms with Crippen LogP contribution in [0.2, 0.25) is 0 Å². The average Bonchev–Trinajstić information content (AvgIpc) is 3.49.